The number of alkyl halides is 2. The van der Waals surface area contributed by atoms with E-state index in [-0.39, 0.29) is 30.0 Å². The number of anilines is 1. The van der Waals surface area contributed by atoms with E-state index in [2.05, 4.69) is 10.6 Å². The molecule has 0 bridgehead atoms. The normalized spacial score (nSPS) is 27.5. The topological polar surface area (TPSA) is 67.4 Å². The number of carbonyl (C=O) groups is 2. The number of esters is 1. The smallest absolute Gasteiger partial charge is 0.323 e. The van der Waals surface area contributed by atoms with Crippen LogP contribution in [0, 0.1) is 11.2 Å². The zero-order valence-corrected chi connectivity index (χ0v) is 20.3. The van der Waals surface area contributed by atoms with Crippen molar-refractivity contribution >= 4 is 40.8 Å². The molecule has 10 heteroatoms. The number of halogens is 5. The third-order valence-corrected chi connectivity index (χ3v) is 8.30. The van der Waals surface area contributed by atoms with Crippen molar-refractivity contribution in [3.05, 3.63) is 63.4 Å². The molecular formula is C25H23Cl2F3N2O3. The van der Waals surface area contributed by atoms with Gasteiger partial charge in [-0.2, -0.15) is 0 Å². The highest BCUT2D eigenvalue weighted by Gasteiger charge is 2.78. The Balaban J connectivity index is 1.81. The molecule has 2 fully saturated rings. The maximum absolute atomic E-state index is 15.6. The van der Waals surface area contributed by atoms with Gasteiger partial charge in [-0.3, -0.25) is 23.7 Å². The maximum Gasteiger partial charge on any atom is 0.323 e. The number of ether oxygens (including phenoxy) is 1. The first-order chi connectivity index (χ1) is 16.7. The van der Waals surface area contributed by atoms with Gasteiger partial charge in [0.15, 0.2) is 0 Å². The van der Waals surface area contributed by atoms with Crippen LogP contribution in [0.2, 0.25) is 10.0 Å². The van der Waals surface area contributed by atoms with Crippen molar-refractivity contribution < 1.29 is 27.5 Å². The summed E-state index contributed by atoms with van der Waals surface area (Å²) in [5.41, 5.74) is -3.22. The molecule has 2 aromatic rings. The molecule has 2 N–H and O–H groups in total. The molecule has 2 heterocycles. The predicted octanol–water partition coefficient (Wildman–Crippen LogP) is 5.10. The summed E-state index contributed by atoms with van der Waals surface area (Å²) in [4.78, 5) is 27.2. The lowest BCUT2D eigenvalue weighted by molar-refractivity contribution is -0.146. The highest BCUT2D eigenvalue weighted by molar-refractivity contribution is 6.31. The summed E-state index contributed by atoms with van der Waals surface area (Å²) >= 11 is 12.3. The molecule has 0 radical (unpaired) electrons. The summed E-state index contributed by atoms with van der Waals surface area (Å²) in [5.74, 6) is -3.09. The Bertz CT molecular complexity index is 1210. The van der Waals surface area contributed by atoms with Gasteiger partial charge in [-0.05, 0) is 49.1 Å². The van der Waals surface area contributed by atoms with Gasteiger partial charge in [0.05, 0.1) is 25.0 Å². The van der Waals surface area contributed by atoms with E-state index in [0.717, 1.165) is 0 Å². The van der Waals surface area contributed by atoms with E-state index >= 15 is 4.39 Å². The lowest BCUT2D eigenvalue weighted by Crippen LogP contribution is -2.70. The summed E-state index contributed by atoms with van der Waals surface area (Å²) in [6.07, 6.45) is -0.145. The van der Waals surface area contributed by atoms with Crippen molar-refractivity contribution in [2.75, 3.05) is 25.3 Å². The Kier molecular flexibility index (Phi) is 5.85. The molecule has 1 amide bonds. The van der Waals surface area contributed by atoms with Crippen LogP contribution in [0.15, 0.2) is 36.4 Å². The highest BCUT2D eigenvalue weighted by atomic mass is 35.5. The Morgan fingerprint density at radius 2 is 1.89 bits per heavy atom. The van der Waals surface area contributed by atoms with Gasteiger partial charge >= 0.3 is 5.97 Å². The van der Waals surface area contributed by atoms with Gasteiger partial charge in [0.1, 0.15) is 17.3 Å². The van der Waals surface area contributed by atoms with E-state index in [0.29, 0.717) is 16.3 Å². The average molecular weight is 527 g/mol. The maximum atomic E-state index is 15.6. The minimum Gasteiger partial charge on any atom is -0.465 e. The quantitative estimate of drug-likeness (QED) is 0.532. The fraction of sp³-hybridized carbons (Fsp3) is 0.440. The first-order valence-electron chi connectivity index (χ1n) is 11.3. The Labute approximate surface area is 210 Å². The van der Waals surface area contributed by atoms with Crippen LogP contribution in [0.4, 0.5) is 18.9 Å². The Hall–Kier alpha value is -2.29. The summed E-state index contributed by atoms with van der Waals surface area (Å²) in [6.45, 7) is -0.177. The van der Waals surface area contributed by atoms with E-state index in [4.69, 9.17) is 27.9 Å². The molecule has 2 aliphatic heterocycles. The number of hydrogen-bond acceptors (Lipinski definition) is 4. The molecule has 1 saturated carbocycles. The molecule has 186 valence electrons. The van der Waals surface area contributed by atoms with Gasteiger partial charge < -0.3 is 10.1 Å². The molecule has 1 aliphatic carbocycles. The molecule has 2 unspecified atom stereocenters. The van der Waals surface area contributed by atoms with Crippen LogP contribution in [-0.4, -0.2) is 43.4 Å². The van der Waals surface area contributed by atoms with Crippen molar-refractivity contribution in [3.63, 3.8) is 0 Å². The number of hydrogen-bond donors (Lipinski definition) is 2. The SMILES string of the molecule is CCOC(=O)C1NC2(CC(CF)(CF)C2)[C@@]2(C(=O)Nc3cc(Cl)ccc32)C1c1cccc(Cl)c1F. The van der Waals surface area contributed by atoms with Crippen LogP contribution in [0.25, 0.3) is 0 Å². The van der Waals surface area contributed by atoms with Crippen LogP contribution in [0.1, 0.15) is 36.8 Å². The molecular weight excluding hydrogens is 504 g/mol. The third-order valence-electron chi connectivity index (χ3n) is 7.78. The number of carbonyl (C=O) groups excluding carboxylic acids is 2. The van der Waals surface area contributed by atoms with Gasteiger partial charge in [0, 0.05) is 27.6 Å². The molecule has 35 heavy (non-hydrogen) atoms. The van der Waals surface area contributed by atoms with E-state index in [1.165, 1.54) is 18.2 Å². The van der Waals surface area contributed by atoms with Crippen LogP contribution in [-0.2, 0) is 19.7 Å². The first kappa shape index (κ1) is 24.4. The second-order valence-corrected chi connectivity index (χ2v) is 10.5. The van der Waals surface area contributed by atoms with E-state index in [1.54, 1.807) is 25.1 Å². The van der Waals surface area contributed by atoms with Crippen LogP contribution in [0.5, 0.6) is 0 Å². The minimum absolute atomic E-state index is 0.0378. The third kappa shape index (κ3) is 3.19. The molecule has 3 atom stereocenters. The molecule has 5 rings (SSSR count). The van der Waals surface area contributed by atoms with Gasteiger partial charge in [0.25, 0.3) is 0 Å². The Morgan fingerprint density at radius 1 is 1.17 bits per heavy atom. The standard InChI is InChI=1S/C25H23Cl2F3N2O3/c1-2-35-21(33)20-18(14-4-3-5-16(27)19(14)30)25(24(32-20)9-23(10-24,11-28)12-29)15-7-6-13(26)8-17(15)31-22(25)34/h3-8,18,20,32H,2,9-12H2,1H3,(H,31,34)/t18?,20?,25-/m1/s1. The van der Waals surface area contributed by atoms with Crippen molar-refractivity contribution in [3.8, 4) is 0 Å². The molecule has 2 spiro atoms. The lowest BCUT2D eigenvalue weighted by atomic mass is 9.46. The average Bonchev–Trinajstić information content (AvgIpc) is 3.27. The van der Waals surface area contributed by atoms with Gasteiger partial charge in [0.2, 0.25) is 5.91 Å². The van der Waals surface area contributed by atoms with Crippen molar-refractivity contribution in [2.45, 2.75) is 42.7 Å². The predicted molar refractivity (Wildman–Crippen MR) is 126 cm³/mol. The number of amides is 1. The van der Waals surface area contributed by atoms with Crippen LogP contribution < -0.4 is 10.6 Å². The fourth-order valence-corrected chi connectivity index (χ4v) is 6.92. The highest BCUT2D eigenvalue weighted by Crippen LogP contribution is 2.68. The number of rotatable bonds is 5. The monoisotopic (exact) mass is 526 g/mol. The van der Waals surface area contributed by atoms with Gasteiger partial charge in [-0.25, -0.2) is 4.39 Å². The number of fused-ring (bicyclic) bond motifs is 3. The van der Waals surface area contributed by atoms with E-state index in [1.807, 2.05) is 0 Å². The first-order valence-corrected chi connectivity index (χ1v) is 12.1. The lowest BCUT2D eigenvalue weighted by Gasteiger charge is -2.59. The molecule has 3 aliphatic rings. The van der Waals surface area contributed by atoms with E-state index < -0.39 is 59.4 Å². The number of benzene rings is 2. The fourth-order valence-electron chi connectivity index (χ4n) is 6.57. The second-order valence-electron chi connectivity index (χ2n) is 9.65. The van der Waals surface area contributed by atoms with Crippen molar-refractivity contribution in [1.29, 1.82) is 0 Å². The zero-order chi connectivity index (χ0) is 25.2. The number of nitrogens with one attached hydrogen (secondary N) is 2. The summed E-state index contributed by atoms with van der Waals surface area (Å²) < 4.78 is 48.9. The molecule has 5 nitrogen and oxygen atoms in total. The minimum atomic E-state index is -1.58. The van der Waals surface area contributed by atoms with Gasteiger partial charge in [-0.1, -0.05) is 41.4 Å². The summed E-state index contributed by atoms with van der Waals surface area (Å²) in [5, 5.41) is 6.23. The summed E-state index contributed by atoms with van der Waals surface area (Å²) in [6, 6.07) is 8.00. The Morgan fingerprint density at radius 3 is 2.54 bits per heavy atom. The van der Waals surface area contributed by atoms with E-state index in [9.17, 15) is 18.4 Å². The van der Waals surface area contributed by atoms with Gasteiger partial charge in [-0.15, -0.1) is 0 Å². The van der Waals surface area contributed by atoms with Crippen LogP contribution >= 0.6 is 23.2 Å². The largest absolute Gasteiger partial charge is 0.465 e. The zero-order valence-electron chi connectivity index (χ0n) is 18.8. The molecule has 2 aromatic carbocycles. The van der Waals surface area contributed by atoms with Crippen molar-refractivity contribution in [2.24, 2.45) is 5.41 Å². The van der Waals surface area contributed by atoms with Crippen LogP contribution in [0.3, 0.4) is 0 Å². The second kappa shape index (κ2) is 8.39. The van der Waals surface area contributed by atoms with Crippen molar-refractivity contribution in [1.82, 2.24) is 5.32 Å². The summed E-state index contributed by atoms with van der Waals surface area (Å²) in [7, 11) is 0. The molecule has 0 aromatic heterocycles. The molecule has 1 saturated heterocycles.